The van der Waals surface area contributed by atoms with Gasteiger partial charge in [-0.3, -0.25) is 4.79 Å². The van der Waals surface area contributed by atoms with Crippen molar-refractivity contribution in [3.8, 4) is 0 Å². The minimum Gasteiger partial charge on any atom is -0.460 e. The number of rotatable bonds is 4. The van der Waals surface area contributed by atoms with Gasteiger partial charge in [0.2, 0.25) is 0 Å². The van der Waals surface area contributed by atoms with Gasteiger partial charge >= 0.3 is 5.97 Å². The number of benzene rings is 1. The first-order chi connectivity index (χ1) is 7.50. The van der Waals surface area contributed by atoms with Crippen LogP contribution < -0.4 is 0 Å². The molecule has 0 amide bonds. The standard InChI is InChI=1S/C12H15BrO2S/c1-8(2)11(16)12(14)15-7-9-3-5-10(13)6-4-9/h3-6,8,11,16H,7H2,1-2H3. The van der Waals surface area contributed by atoms with Crippen molar-refractivity contribution in [2.24, 2.45) is 5.92 Å². The van der Waals surface area contributed by atoms with Gasteiger partial charge in [0.15, 0.2) is 0 Å². The highest BCUT2D eigenvalue weighted by atomic mass is 79.9. The Balaban J connectivity index is 2.46. The highest BCUT2D eigenvalue weighted by Gasteiger charge is 2.18. The molecule has 0 bridgehead atoms. The van der Waals surface area contributed by atoms with Gasteiger partial charge in [-0.05, 0) is 23.6 Å². The number of halogens is 1. The third-order valence-corrected chi connectivity index (χ3v) is 3.50. The van der Waals surface area contributed by atoms with Gasteiger partial charge in [0, 0.05) is 4.47 Å². The first kappa shape index (κ1) is 13.6. The van der Waals surface area contributed by atoms with E-state index in [1.807, 2.05) is 38.1 Å². The van der Waals surface area contributed by atoms with E-state index in [4.69, 9.17) is 4.74 Å². The maximum atomic E-state index is 11.5. The molecule has 1 aromatic carbocycles. The van der Waals surface area contributed by atoms with Crippen molar-refractivity contribution in [1.82, 2.24) is 0 Å². The second-order valence-electron chi connectivity index (χ2n) is 3.92. The van der Waals surface area contributed by atoms with Crippen LogP contribution in [0.5, 0.6) is 0 Å². The highest BCUT2D eigenvalue weighted by Crippen LogP contribution is 2.14. The number of carbonyl (C=O) groups is 1. The molecule has 2 nitrogen and oxygen atoms in total. The molecule has 0 N–H and O–H groups in total. The van der Waals surface area contributed by atoms with Crippen LogP contribution in [0.4, 0.5) is 0 Å². The van der Waals surface area contributed by atoms with Gasteiger partial charge in [0.25, 0.3) is 0 Å². The molecule has 0 saturated heterocycles. The number of thiol groups is 1. The summed E-state index contributed by atoms with van der Waals surface area (Å²) in [5.41, 5.74) is 0.973. The van der Waals surface area contributed by atoms with Crippen LogP contribution in [0.3, 0.4) is 0 Å². The van der Waals surface area contributed by atoms with Gasteiger partial charge in [0.05, 0.1) is 0 Å². The first-order valence-electron chi connectivity index (χ1n) is 5.10. The van der Waals surface area contributed by atoms with Crippen LogP contribution >= 0.6 is 28.6 Å². The summed E-state index contributed by atoms with van der Waals surface area (Å²) in [4.78, 5) is 11.5. The molecule has 0 saturated carbocycles. The Bertz CT molecular complexity index is 349. The number of hydrogen-bond donors (Lipinski definition) is 1. The topological polar surface area (TPSA) is 26.3 Å². The number of ether oxygens (including phenoxy) is 1. The minimum atomic E-state index is -0.351. The molecule has 0 spiro atoms. The number of esters is 1. The van der Waals surface area contributed by atoms with Crippen molar-refractivity contribution in [2.75, 3.05) is 0 Å². The fourth-order valence-electron chi connectivity index (χ4n) is 1.09. The van der Waals surface area contributed by atoms with E-state index in [1.165, 1.54) is 0 Å². The summed E-state index contributed by atoms with van der Waals surface area (Å²) in [5.74, 6) is -0.0815. The van der Waals surface area contributed by atoms with Crippen LogP contribution in [-0.2, 0) is 16.1 Å². The molecular formula is C12H15BrO2S. The van der Waals surface area contributed by atoms with Crippen LogP contribution in [0.15, 0.2) is 28.7 Å². The molecule has 1 rings (SSSR count). The number of carbonyl (C=O) groups excluding carboxylic acids is 1. The summed E-state index contributed by atoms with van der Waals surface area (Å²) in [7, 11) is 0. The Morgan fingerprint density at radius 3 is 2.44 bits per heavy atom. The molecule has 0 fully saturated rings. The van der Waals surface area contributed by atoms with Crippen molar-refractivity contribution in [3.63, 3.8) is 0 Å². The summed E-state index contributed by atoms with van der Waals surface area (Å²) in [6, 6.07) is 7.67. The lowest BCUT2D eigenvalue weighted by Crippen LogP contribution is -2.23. The monoisotopic (exact) mass is 302 g/mol. The van der Waals surface area contributed by atoms with Crippen LogP contribution in [0.2, 0.25) is 0 Å². The summed E-state index contributed by atoms with van der Waals surface area (Å²) in [5, 5.41) is -0.351. The molecule has 0 heterocycles. The van der Waals surface area contributed by atoms with E-state index in [-0.39, 0.29) is 17.1 Å². The van der Waals surface area contributed by atoms with Gasteiger partial charge in [-0.2, -0.15) is 12.6 Å². The van der Waals surface area contributed by atoms with E-state index in [1.54, 1.807) is 0 Å². The normalized spacial score (nSPS) is 12.6. The SMILES string of the molecule is CC(C)C(S)C(=O)OCc1ccc(Br)cc1. The lowest BCUT2D eigenvalue weighted by molar-refractivity contribution is -0.145. The van der Waals surface area contributed by atoms with Gasteiger partial charge < -0.3 is 4.74 Å². The predicted octanol–water partition coefficient (Wildman–Crippen LogP) is 3.45. The number of hydrogen-bond acceptors (Lipinski definition) is 3. The minimum absolute atomic E-state index is 0.181. The van der Waals surface area contributed by atoms with E-state index in [0.717, 1.165) is 10.0 Å². The third-order valence-electron chi connectivity index (χ3n) is 2.17. The van der Waals surface area contributed by atoms with Gasteiger partial charge in [0.1, 0.15) is 11.9 Å². The summed E-state index contributed by atoms with van der Waals surface area (Å²) in [6.45, 7) is 4.19. The molecule has 4 heteroatoms. The van der Waals surface area contributed by atoms with Crippen LogP contribution in [0, 0.1) is 5.92 Å². The van der Waals surface area contributed by atoms with E-state index < -0.39 is 0 Å². The molecule has 1 aromatic rings. The van der Waals surface area contributed by atoms with E-state index in [2.05, 4.69) is 28.6 Å². The fraction of sp³-hybridized carbons (Fsp3) is 0.417. The average molecular weight is 303 g/mol. The van der Waals surface area contributed by atoms with Gasteiger partial charge in [-0.15, -0.1) is 0 Å². The lowest BCUT2D eigenvalue weighted by Gasteiger charge is -2.13. The second kappa shape index (κ2) is 6.30. The Hall–Kier alpha value is -0.480. The molecule has 16 heavy (non-hydrogen) atoms. The Kier molecular flexibility index (Phi) is 5.35. The van der Waals surface area contributed by atoms with Gasteiger partial charge in [-0.25, -0.2) is 0 Å². The summed E-state index contributed by atoms with van der Waals surface area (Å²) in [6.07, 6.45) is 0. The van der Waals surface area contributed by atoms with Crippen LogP contribution in [0.25, 0.3) is 0 Å². The third kappa shape index (κ3) is 4.18. The zero-order chi connectivity index (χ0) is 12.1. The molecule has 1 unspecified atom stereocenters. The second-order valence-corrected chi connectivity index (χ2v) is 5.40. The fourth-order valence-corrected chi connectivity index (χ4v) is 1.43. The summed E-state index contributed by atoms with van der Waals surface area (Å²) < 4.78 is 6.17. The molecule has 0 aliphatic heterocycles. The van der Waals surface area contributed by atoms with Crippen molar-refractivity contribution in [3.05, 3.63) is 34.3 Å². The summed E-state index contributed by atoms with van der Waals surface area (Å²) >= 11 is 7.55. The van der Waals surface area contributed by atoms with Crippen molar-refractivity contribution >= 4 is 34.5 Å². The van der Waals surface area contributed by atoms with Crippen molar-refractivity contribution < 1.29 is 9.53 Å². The van der Waals surface area contributed by atoms with E-state index in [9.17, 15) is 4.79 Å². The Morgan fingerprint density at radius 1 is 1.38 bits per heavy atom. The van der Waals surface area contributed by atoms with E-state index >= 15 is 0 Å². The predicted molar refractivity (Wildman–Crippen MR) is 71.6 cm³/mol. The quantitative estimate of drug-likeness (QED) is 0.681. The smallest absolute Gasteiger partial charge is 0.319 e. The largest absolute Gasteiger partial charge is 0.460 e. The zero-order valence-electron chi connectivity index (χ0n) is 9.31. The Morgan fingerprint density at radius 2 is 1.94 bits per heavy atom. The Labute approximate surface area is 110 Å². The van der Waals surface area contributed by atoms with Crippen LogP contribution in [0.1, 0.15) is 19.4 Å². The van der Waals surface area contributed by atoms with Crippen LogP contribution in [-0.4, -0.2) is 11.2 Å². The van der Waals surface area contributed by atoms with Crippen molar-refractivity contribution in [2.45, 2.75) is 25.7 Å². The lowest BCUT2D eigenvalue weighted by atomic mass is 10.1. The molecule has 0 aliphatic rings. The highest BCUT2D eigenvalue weighted by molar-refractivity contribution is 9.10. The molecular weight excluding hydrogens is 288 g/mol. The van der Waals surface area contributed by atoms with Crippen molar-refractivity contribution in [1.29, 1.82) is 0 Å². The maximum absolute atomic E-state index is 11.5. The molecule has 88 valence electrons. The van der Waals surface area contributed by atoms with E-state index in [0.29, 0.717) is 6.61 Å². The molecule has 1 atom stereocenters. The van der Waals surface area contributed by atoms with Gasteiger partial charge in [-0.1, -0.05) is 41.9 Å². The maximum Gasteiger partial charge on any atom is 0.319 e. The molecule has 0 aliphatic carbocycles. The zero-order valence-corrected chi connectivity index (χ0v) is 11.8. The average Bonchev–Trinajstić information content (AvgIpc) is 2.26. The molecule has 0 aromatic heterocycles. The molecule has 0 radical (unpaired) electrons. The first-order valence-corrected chi connectivity index (χ1v) is 6.41.